The van der Waals surface area contributed by atoms with E-state index in [1.807, 2.05) is 67.1 Å². The van der Waals surface area contributed by atoms with Crippen LogP contribution in [-0.4, -0.2) is 34.4 Å². The molecule has 0 aliphatic heterocycles. The summed E-state index contributed by atoms with van der Waals surface area (Å²) in [5.41, 5.74) is 2.31. The molecule has 0 unspecified atom stereocenters. The molecule has 2 aromatic carbocycles. The molecule has 7 nitrogen and oxygen atoms in total. The average molecular weight is 555 g/mol. The van der Waals surface area contributed by atoms with Crippen LogP contribution in [0.1, 0.15) is 22.8 Å². The second-order valence-electron chi connectivity index (χ2n) is 6.89. The van der Waals surface area contributed by atoms with Gasteiger partial charge in [0.2, 0.25) is 0 Å². The lowest BCUT2D eigenvalue weighted by Gasteiger charge is -2.13. The highest BCUT2D eigenvalue weighted by atomic mass is 127. The minimum absolute atomic E-state index is 0. The molecule has 0 fully saturated rings. The van der Waals surface area contributed by atoms with Gasteiger partial charge in [0.15, 0.2) is 11.8 Å². The molecule has 0 aliphatic carbocycles. The first kappa shape index (κ1) is 24.9. The maximum absolute atomic E-state index is 5.96. The van der Waals surface area contributed by atoms with Crippen molar-refractivity contribution in [2.24, 2.45) is 12.0 Å². The predicted octanol–water partition coefficient (Wildman–Crippen LogP) is 3.88. The summed E-state index contributed by atoms with van der Waals surface area (Å²) in [5.74, 6) is 3.28. The highest BCUT2D eigenvalue weighted by molar-refractivity contribution is 14.0. The van der Waals surface area contributed by atoms with E-state index in [1.54, 1.807) is 7.11 Å². The number of nitrogens with one attached hydrogen (secondary N) is 2. The lowest BCUT2D eigenvalue weighted by Crippen LogP contribution is -2.38. The van der Waals surface area contributed by atoms with Crippen molar-refractivity contribution in [2.75, 3.05) is 13.7 Å². The van der Waals surface area contributed by atoms with Crippen molar-refractivity contribution in [1.82, 2.24) is 25.4 Å². The van der Waals surface area contributed by atoms with E-state index in [2.05, 4.69) is 20.8 Å². The lowest BCUT2D eigenvalue weighted by molar-refractivity contribution is 0.414. The van der Waals surface area contributed by atoms with Gasteiger partial charge in [0, 0.05) is 18.6 Å². The maximum atomic E-state index is 5.96. The summed E-state index contributed by atoms with van der Waals surface area (Å²) in [7, 11) is 3.61. The number of aliphatic imine (C=N–C) groups is 1. The second kappa shape index (κ2) is 12.5. The van der Waals surface area contributed by atoms with Crippen LogP contribution in [0.3, 0.4) is 0 Å². The molecule has 0 saturated heterocycles. The van der Waals surface area contributed by atoms with Crippen molar-refractivity contribution >= 4 is 41.5 Å². The lowest BCUT2D eigenvalue weighted by atomic mass is 10.1. The molecule has 9 heteroatoms. The first-order valence-electron chi connectivity index (χ1n) is 9.79. The summed E-state index contributed by atoms with van der Waals surface area (Å²) in [6.45, 7) is 3.76. The molecule has 0 saturated carbocycles. The Morgan fingerprint density at radius 3 is 2.32 bits per heavy atom. The number of benzene rings is 2. The van der Waals surface area contributed by atoms with E-state index in [0.29, 0.717) is 13.1 Å². The zero-order valence-corrected chi connectivity index (χ0v) is 21.0. The molecule has 1 aromatic heterocycles. The topological polar surface area (TPSA) is 76.4 Å². The van der Waals surface area contributed by atoms with E-state index in [0.717, 1.165) is 46.9 Å². The number of guanidine groups is 1. The number of hydrogen-bond acceptors (Lipinski definition) is 4. The van der Waals surface area contributed by atoms with Crippen molar-refractivity contribution in [2.45, 2.75) is 26.4 Å². The molecular weight excluding hydrogens is 527 g/mol. The van der Waals surface area contributed by atoms with Gasteiger partial charge in [-0.25, -0.2) is 4.99 Å². The zero-order valence-electron chi connectivity index (χ0n) is 17.9. The smallest absolute Gasteiger partial charge is 0.191 e. The second-order valence-corrected chi connectivity index (χ2v) is 7.33. The summed E-state index contributed by atoms with van der Waals surface area (Å²) in [4.78, 5) is 4.72. The molecular formula is C22H28ClIN6O. The van der Waals surface area contributed by atoms with Crippen molar-refractivity contribution < 1.29 is 4.74 Å². The Morgan fingerprint density at radius 1 is 1.03 bits per heavy atom. The van der Waals surface area contributed by atoms with Crippen LogP contribution in [0, 0.1) is 6.92 Å². The van der Waals surface area contributed by atoms with Gasteiger partial charge in [-0.15, -0.1) is 34.2 Å². The molecule has 0 aliphatic rings. The van der Waals surface area contributed by atoms with E-state index >= 15 is 0 Å². The Bertz CT molecular complexity index is 973. The Morgan fingerprint density at radius 2 is 1.71 bits per heavy atom. The number of aromatic nitrogens is 3. The number of nitrogens with zero attached hydrogens (tertiary/aromatic N) is 4. The van der Waals surface area contributed by atoms with Gasteiger partial charge in [-0.05, 0) is 48.7 Å². The summed E-state index contributed by atoms with van der Waals surface area (Å²) in [6, 6.07) is 15.8. The quantitative estimate of drug-likeness (QED) is 0.251. The van der Waals surface area contributed by atoms with Gasteiger partial charge in [0.1, 0.15) is 11.6 Å². The largest absolute Gasteiger partial charge is 0.497 e. The third-order valence-corrected chi connectivity index (χ3v) is 5.05. The van der Waals surface area contributed by atoms with Crippen LogP contribution >= 0.6 is 35.6 Å². The Hall–Kier alpha value is -2.33. The van der Waals surface area contributed by atoms with Gasteiger partial charge in [-0.1, -0.05) is 35.9 Å². The number of aryl methyl sites for hydroxylation is 1. The van der Waals surface area contributed by atoms with Gasteiger partial charge in [0.25, 0.3) is 0 Å². The van der Waals surface area contributed by atoms with E-state index in [1.165, 1.54) is 5.56 Å². The fourth-order valence-corrected chi connectivity index (χ4v) is 2.95. The molecule has 0 radical (unpaired) electrons. The fraction of sp³-hybridized carbons (Fsp3) is 0.318. The summed E-state index contributed by atoms with van der Waals surface area (Å²) >= 11 is 5.96. The normalized spacial score (nSPS) is 11.0. The first-order chi connectivity index (χ1) is 14.5. The van der Waals surface area contributed by atoms with Crippen LogP contribution < -0.4 is 15.4 Å². The summed E-state index contributed by atoms with van der Waals surface area (Å²) in [5, 5.41) is 15.8. The Kier molecular flexibility index (Phi) is 10.1. The van der Waals surface area contributed by atoms with Gasteiger partial charge in [0.05, 0.1) is 20.2 Å². The van der Waals surface area contributed by atoms with E-state index in [4.69, 9.17) is 21.3 Å². The van der Waals surface area contributed by atoms with E-state index < -0.39 is 0 Å². The fourth-order valence-electron chi connectivity index (χ4n) is 2.82. The molecule has 31 heavy (non-hydrogen) atoms. The van der Waals surface area contributed by atoms with Gasteiger partial charge < -0.3 is 19.9 Å². The van der Waals surface area contributed by atoms with Crippen LogP contribution in [0.5, 0.6) is 5.75 Å². The van der Waals surface area contributed by atoms with Crippen LogP contribution in [-0.2, 0) is 26.6 Å². The highest BCUT2D eigenvalue weighted by Crippen LogP contribution is 2.12. The van der Waals surface area contributed by atoms with Gasteiger partial charge in [-0.3, -0.25) is 0 Å². The van der Waals surface area contributed by atoms with Crippen LogP contribution in [0.4, 0.5) is 0 Å². The molecule has 3 aromatic rings. The summed E-state index contributed by atoms with van der Waals surface area (Å²) < 4.78 is 7.17. The van der Waals surface area contributed by atoms with Gasteiger partial charge >= 0.3 is 0 Å². The summed E-state index contributed by atoms with van der Waals surface area (Å²) in [6.07, 6.45) is 0.865. The molecule has 0 atom stereocenters. The van der Waals surface area contributed by atoms with Crippen LogP contribution in [0.2, 0.25) is 5.02 Å². The average Bonchev–Trinajstić information content (AvgIpc) is 3.09. The minimum Gasteiger partial charge on any atom is -0.497 e. The molecule has 0 amide bonds. The third-order valence-electron chi connectivity index (χ3n) is 4.79. The Labute approximate surface area is 205 Å². The first-order valence-corrected chi connectivity index (χ1v) is 10.2. The molecule has 2 N–H and O–H groups in total. The zero-order chi connectivity index (χ0) is 21.3. The molecule has 1 heterocycles. The molecule has 0 bridgehead atoms. The highest BCUT2D eigenvalue weighted by Gasteiger charge is 2.06. The molecule has 166 valence electrons. The molecule has 0 spiro atoms. The van der Waals surface area contributed by atoms with Crippen LogP contribution in [0.15, 0.2) is 53.5 Å². The molecule has 3 rings (SSSR count). The standard InChI is InChI=1S/C22H27ClN6O.HI/c1-16-27-28-21(29(16)2)15-26-22(24-13-12-17-4-8-19(23)9-5-17)25-14-18-6-10-20(30-3)11-7-18;/h4-11H,12-15H2,1-3H3,(H2,24,25,26);1H. The Balaban J connectivity index is 0.00000341. The predicted molar refractivity (Wildman–Crippen MR) is 135 cm³/mol. The van der Waals surface area contributed by atoms with Crippen LogP contribution in [0.25, 0.3) is 0 Å². The van der Waals surface area contributed by atoms with E-state index in [9.17, 15) is 0 Å². The third kappa shape index (κ3) is 7.70. The maximum Gasteiger partial charge on any atom is 0.191 e. The SMILES string of the molecule is COc1ccc(CN=C(NCCc2ccc(Cl)cc2)NCc2nnc(C)n2C)cc1.I. The van der Waals surface area contributed by atoms with Gasteiger partial charge in [-0.2, -0.15) is 0 Å². The number of hydrogen-bond donors (Lipinski definition) is 2. The number of ether oxygens (including phenoxy) is 1. The van der Waals surface area contributed by atoms with E-state index in [-0.39, 0.29) is 24.0 Å². The van der Waals surface area contributed by atoms with Crippen molar-refractivity contribution in [3.8, 4) is 5.75 Å². The monoisotopic (exact) mass is 554 g/mol. The number of methoxy groups -OCH3 is 1. The number of rotatable bonds is 8. The van der Waals surface area contributed by atoms with Crippen molar-refractivity contribution in [3.05, 3.63) is 76.3 Å². The van der Waals surface area contributed by atoms with Crippen molar-refractivity contribution in [1.29, 1.82) is 0 Å². The van der Waals surface area contributed by atoms with Crippen molar-refractivity contribution in [3.63, 3.8) is 0 Å². The minimum atomic E-state index is 0. The number of halogens is 2.